The molecule has 2 aliphatic carbocycles. The summed E-state index contributed by atoms with van der Waals surface area (Å²) in [7, 11) is 0. The number of benzene rings is 1. The first-order valence-corrected chi connectivity index (χ1v) is 7.70. The number of rotatable bonds is 6. The summed E-state index contributed by atoms with van der Waals surface area (Å²) in [6.45, 7) is 6.64. The molecule has 2 fully saturated rings. The van der Waals surface area contributed by atoms with E-state index in [4.69, 9.17) is 5.73 Å². The second kappa shape index (κ2) is 5.26. The molecule has 0 aliphatic heterocycles. The van der Waals surface area contributed by atoms with E-state index in [9.17, 15) is 0 Å². The van der Waals surface area contributed by atoms with E-state index in [1.807, 2.05) is 0 Å². The van der Waals surface area contributed by atoms with Crippen molar-refractivity contribution in [1.29, 1.82) is 0 Å². The van der Waals surface area contributed by atoms with Gasteiger partial charge in [0.25, 0.3) is 0 Å². The maximum Gasteiger partial charge on any atom is 0.0427 e. The Morgan fingerprint density at radius 3 is 2.58 bits per heavy atom. The van der Waals surface area contributed by atoms with Crippen LogP contribution in [0.25, 0.3) is 0 Å². The van der Waals surface area contributed by atoms with Crippen molar-refractivity contribution in [2.24, 2.45) is 11.7 Å². The van der Waals surface area contributed by atoms with Crippen LogP contribution in [-0.4, -0.2) is 24.0 Å². The standard InChI is InChI=1S/C17H26N2/c1-12-3-4-13(2)16(9-12)17(18)11-19(15-7-8-15)10-14-5-6-14/h3-4,9,14-15,17H,5-8,10-11,18H2,1-2H3. The summed E-state index contributed by atoms with van der Waals surface area (Å²) in [5.41, 5.74) is 10.5. The molecule has 19 heavy (non-hydrogen) atoms. The zero-order valence-corrected chi connectivity index (χ0v) is 12.2. The van der Waals surface area contributed by atoms with E-state index in [0.29, 0.717) is 0 Å². The first-order chi connectivity index (χ1) is 9.13. The van der Waals surface area contributed by atoms with Gasteiger partial charge in [0.15, 0.2) is 0 Å². The maximum atomic E-state index is 6.49. The Morgan fingerprint density at radius 1 is 1.21 bits per heavy atom. The minimum absolute atomic E-state index is 0.166. The zero-order valence-electron chi connectivity index (χ0n) is 12.2. The molecule has 2 saturated carbocycles. The Hall–Kier alpha value is -0.860. The van der Waals surface area contributed by atoms with Gasteiger partial charge in [-0.2, -0.15) is 0 Å². The average molecular weight is 258 g/mol. The normalized spacial score (nSPS) is 20.8. The molecule has 2 aliphatic rings. The third-order valence-electron chi connectivity index (χ3n) is 4.52. The molecular formula is C17H26N2. The van der Waals surface area contributed by atoms with Gasteiger partial charge in [-0.25, -0.2) is 0 Å². The van der Waals surface area contributed by atoms with Gasteiger partial charge in [-0.1, -0.05) is 23.8 Å². The molecule has 0 aromatic heterocycles. The van der Waals surface area contributed by atoms with Gasteiger partial charge in [-0.3, -0.25) is 4.90 Å². The highest BCUT2D eigenvalue weighted by molar-refractivity contribution is 5.33. The van der Waals surface area contributed by atoms with E-state index >= 15 is 0 Å². The minimum Gasteiger partial charge on any atom is -0.323 e. The fourth-order valence-corrected chi connectivity index (χ4v) is 2.95. The first-order valence-electron chi connectivity index (χ1n) is 7.70. The largest absolute Gasteiger partial charge is 0.323 e. The summed E-state index contributed by atoms with van der Waals surface area (Å²) < 4.78 is 0. The molecule has 0 amide bonds. The van der Waals surface area contributed by atoms with E-state index in [0.717, 1.165) is 18.5 Å². The highest BCUT2D eigenvalue weighted by Crippen LogP contribution is 2.35. The second-order valence-corrected chi connectivity index (χ2v) is 6.59. The van der Waals surface area contributed by atoms with Crippen LogP contribution in [-0.2, 0) is 0 Å². The minimum atomic E-state index is 0.166. The summed E-state index contributed by atoms with van der Waals surface area (Å²) in [4.78, 5) is 2.66. The van der Waals surface area contributed by atoms with E-state index in [-0.39, 0.29) is 6.04 Å². The summed E-state index contributed by atoms with van der Waals surface area (Å²) >= 11 is 0. The van der Waals surface area contributed by atoms with Crippen molar-refractivity contribution in [2.75, 3.05) is 13.1 Å². The van der Waals surface area contributed by atoms with Crippen LogP contribution in [0.3, 0.4) is 0 Å². The van der Waals surface area contributed by atoms with Gasteiger partial charge in [-0.15, -0.1) is 0 Å². The van der Waals surface area contributed by atoms with Crippen molar-refractivity contribution < 1.29 is 0 Å². The molecule has 1 atom stereocenters. The molecule has 0 spiro atoms. The molecule has 0 saturated heterocycles. The van der Waals surface area contributed by atoms with E-state index in [2.05, 4.69) is 36.9 Å². The number of nitrogens with zero attached hydrogens (tertiary/aromatic N) is 1. The van der Waals surface area contributed by atoms with Crippen molar-refractivity contribution >= 4 is 0 Å². The molecular weight excluding hydrogens is 232 g/mol. The maximum absolute atomic E-state index is 6.49. The molecule has 0 radical (unpaired) electrons. The lowest BCUT2D eigenvalue weighted by Crippen LogP contribution is -2.35. The van der Waals surface area contributed by atoms with Crippen LogP contribution in [0.5, 0.6) is 0 Å². The van der Waals surface area contributed by atoms with Crippen LogP contribution in [0.15, 0.2) is 18.2 Å². The van der Waals surface area contributed by atoms with E-state index < -0.39 is 0 Å². The summed E-state index contributed by atoms with van der Waals surface area (Å²) in [6, 6.07) is 7.64. The topological polar surface area (TPSA) is 29.3 Å². The third kappa shape index (κ3) is 3.37. The van der Waals surface area contributed by atoms with Gasteiger partial charge >= 0.3 is 0 Å². The molecule has 3 rings (SSSR count). The molecule has 2 heteroatoms. The highest BCUT2D eigenvalue weighted by Gasteiger charge is 2.34. The number of nitrogens with two attached hydrogens (primary N) is 1. The van der Waals surface area contributed by atoms with Crippen LogP contribution in [0.4, 0.5) is 0 Å². The van der Waals surface area contributed by atoms with Gasteiger partial charge in [0.1, 0.15) is 0 Å². The zero-order chi connectivity index (χ0) is 13.4. The van der Waals surface area contributed by atoms with Gasteiger partial charge in [0, 0.05) is 25.2 Å². The third-order valence-corrected chi connectivity index (χ3v) is 4.52. The summed E-state index contributed by atoms with van der Waals surface area (Å²) in [5, 5.41) is 0. The second-order valence-electron chi connectivity index (χ2n) is 6.59. The van der Waals surface area contributed by atoms with Crippen LogP contribution in [0, 0.1) is 19.8 Å². The molecule has 2 nitrogen and oxygen atoms in total. The average Bonchev–Trinajstić information content (AvgIpc) is 3.24. The first kappa shape index (κ1) is 13.1. The van der Waals surface area contributed by atoms with Crippen molar-refractivity contribution in [3.05, 3.63) is 34.9 Å². The quantitative estimate of drug-likeness (QED) is 0.849. The van der Waals surface area contributed by atoms with Crippen molar-refractivity contribution in [3.8, 4) is 0 Å². The monoisotopic (exact) mass is 258 g/mol. The summed E-state index contributed by atoms with van der Waals surface area (Å²) in [5.74, 6) is 0.964. The van der Waals surface area contributed by atoms with Crippen LogP contribution in [0.2, 0.25) is 0 Å². The smallest absolute Gasteiger partial charge is 0.0427 e. The predicted molar refractivity (Wildman–Crippen MR) is 80.2 cm³/mol. The summed E-state index contributed by atoms with van der Waals surface area (Å²) in [6.07, 6.45) is 5.63. The van der Waals surface area contributed by atoms with Crippen molar-refractivity contribution in [1.82, 2.24) is 4.90 Å². The molecule has 2 N–H and O–H groups in total. The lowest BCUT2D eigenvalue weighted by atomic mass is 9.99. The van der Waals surface area contributed by atoms with Gasteiger partial charge in [-0.05, 0) is 56.6 Å². The van der Waals surface area contributed by atoms with Gasteiger partial charge < -0.3 is 5.73 Å². The Balaban J connectivity index is 1.67. The van der Waals surface area contributed by atoms with Crippen LogP contribution in [0.1, 0.15) is 48.4 Å². The number of aryl methyl sites for hydroxylation is 2. The van der Waals surface area contributed by atoms with E-state index in [1.54, 1.807) is 0 Å². The molecule has 1 aromatic carbocycles. The Morgan fingerprint density at radius 2 is 1.95 bits per heavy atom. The molecule has 0 bridgehead atoms. The predicted octanol–water partition coefficient (Wildman–Crippen LogP) is 3.18. The number of hydrogen-bond acceptors (Lipinski definition) is 2. The van der Waals surface area contributed by atoms with Gasteiger partial charge in [0.2, 0.25) is 0 Å². The Labute approximate surface area is 117 Å². The molecule has 1 aromatic rings. The fourth-order valence-electron chi connectivity index (χ4n) is 2.95. The Kier molecular flexibility index (Phi) is 3.64. The fraction of sp³-hybridized carbons (Fsp3) is 0.647. The lowest BCUT2D eigenvalue weighted by Gasteiger charge is -2.26. The van der Waals surface area contributed by atoms with Crippen LogP contribution < -0.4 is 5.73 Å². The van der Waals surface area contributed by atoms with Crippen LogP contribution >= 0.6 is 0 Å². The SMILES string of the molecule is Cc1ccc(C)c(C(N)CN(CC2CC2)C2CC2)c1. The van der Waals surface area contributed by atoms with Gasteiger partial charge in [0.05, 0.1) is 0 Å². The Bertz CT molecular complexity index is 447. The lowest BCUT2D eigenvalue weighted by molar-refractivity contribution is 0.237. The van der Waals surface area contributed by atoms with Crippen molar-refractivity contribution in [3.63, 3.8) is 0 Å². The molecule has 104 valence electrons. The van der Waals surface area contributed by atoms with Crippen molar-refractivity contribution in [2.45, 2.75) is 51.6 Å². The molecule has 0 heterocycles. The number of hydrogen-bond donors (Lipinski definition) is 1. The van der Waals surface area contributed by atoms with E-state index in [1.165, 1.54) is 48.9 Å². The highest BCUT2D eigenvalue weighted by atomic mass is 15.2. The molecule has 1 unspecified atom stereocenters.